The van der Waals surface area contributed by atoms with E-state index in [-0.39, 0.29) is 5.91 Å². The van der Waals surface area contributed by atoms with E-state index < -0.39 is 0 Å². The molecule has 3 aromatic rings. The van der Waals surface area contributed by atoms with Crippen LogP contribution in [-0.2, 0) is 5.75 Å². The van der Waals surface area contributed by atoms with Crippen molar-refractivity contribution in [2.45, 2.75) is 10.6 Å². The molecule has 0 saturated heterocycles. The number of benzene rings is 2. The van der Waals surface area contributed by atoms with Crippen molar-refractivity contribution in [3.05, 3.63) is 76.5 Å². The molecule has 0 aliphatic heterocycles. The number of carbonyl (C=O) groups excluding carboxylic acids is 1. The van der Waals surface area contributed by atoms with Gasteiger partial charge in [-0.25, -0.2) is 0 Å². The van der Waals surface area contributed by atoms with Crippen LogP contribution in [-0.4, -0.2) is 13.0 Å². The summed E-state index contributed by atoms with van der Waals surface area (Å²) in [6.07, 6.45) is 0. The van der Waals surface area contributed by atoms with Crippen LogP contribution in [0.2, 0.25) is 0 Å². The van der Waals surface area contributed by atoms with Gasteiger partial charge >= 0.3 is 0 Å². The van der Waals surface area contributed by atoms with Crippen LogP contribution in [0.4, 0.5) is 5.69 Å². The highest BCUT2D eigenvalue weighted by molar-refractivity contribution is 7.98. The first kappa shape index (κ1) is 16.6. The topological polar surface area (TPSA) is 38.3 Å². The average molecular weight is 355 g/mol. The van der Waals surface area contributed by atoms with Crippen molar-refractivity contribution < 1.29 is 9.53 Å². The molecule has 1 heterocycles. The number of nitrogens with one attached hydrogen (secondary N) is 1. The Morgan fingerprint density at radius 3 is 2.71 bits per heavy atom. The summed E-state index contributed by atoms with van der Waals surface area (Å²) in [5.74, 6) is 1.37. The van der Waals surface area contributed by atoms with E-state index in [2.05, 4.69) is 22.1 Å². The standard InChI is InChI=1S/C19H17NO2S2/c1-22-17-8-4-3-7-16(17)20-19(21)15-6-2-5-9-18(15)24-13-14-10-11-23-12-14/h2-12H,13H2,1H3,(H,20,21). The Kier molecular flexibility index (Phi) is 5.56. The molecular weight excluding hydrogens is 338 g/mol. The Balaban J connectivity index is 1.77. The summed E-state index contributed by atoms with van der Waals surface area (Å²) < 4.78 is 5.29. The van der Waals surface area contributed by atoms with E-state index >= 15 is 0 Å². The molecule has 2 aromatic carbocycles. The Morgan fingerprint density at radius 1 is 1.12 bits per heavy atom. The fraction of sp³-hybridized carbons (Fsp3) is 0.105. The maximum Gasteiger partial charge on any atom is 0.256 e. The fourth-order valence-electron chi connectivity index (χ4n) is 2.25. The molecule has 0 atom stereocenters. The zero-order valence-electron chi connectivity index (χ0n) is 13.2. The van der Waals surface area contributed by atoms with Crippen LogP contribution in [0.1, 0.15) is 15.9 Å². The first-order chi connectivity index (χ1) is 11.8. The van der Waals surface area contributed by atoms with Gasteiger partial charge in [0.25, 0.3) is 5.91 Å². The van der Waals surface area contributed by atoms with Crippen molar-refractivity contribution >= 4 is 34.7 Å². The second-order valence-corrected chi connectivity index (χ2v) is 6.87. The van der Waals surface area contributed by atoms with Gasteiger partial charge in [-0.1, -0.05) is 24.3 Å². The van der Waals surface area contributed by atoms with E-state index in [0.29, 0.717) is 17.0 Å². The highest BCUT2D eigenvalue weighted by atomic mass is 32.2. The summed E-state index contributed by atoms with van der Waals surface area (Å²) in [6, 6.07) is 17.2. The molecule has 1 N–H and O–H groups in total. The lowest BCUT2D eigenvalue weighted by molar-refractivity contribution is 0.102. The molecule has 0 saturated carbocycles. The molecule has 3 nitrogen and oxygen atoms in total. The molecule has 1 amide bonds. The van der Waals surface area contributed by atoms with Gasteiger partial charge in [0.2, 0.25) is 0 Å². The highest BCUT2D eigenvalue weighted by Crippen LogP contribution is 2.29. The minimum atomic E-state index is -0.132. The van der Waals surface area contributed by atoms with Crippen LogP contribution in [0.15, 0.2) is 70.3 Å². The van der Waals surface area contributed by atoms with Crippen LogP contribution in [0, 0.1) is 0 Å². The third kappa shape index (κ3) is 3.99. The Bertz CT molecular complexity index is 816. The lowest BCUT2D eigenvalue weighted by atomic mass is 10.2. The molecule has 122 valence electrons. The number of rotatable bonds is 6. The summed E-state index contributed by atoms with van der Waals surface area (Å²) >= 11 is 3.35. The third-order valence-corrected chi connectivity index (χ3v) is 5.34. The number of carbonyl (C=O) groups is 1. The minimum absolute atomic E-state index is 0.132. The number of methoxy groups -OCH3 is 1. The summed E-state index contributed by atoms with van der Waals surface area (Å²) in [4.78, 5) is 13.7. The normalized spacial score (nSPS) is 10.4. The molecule has 24 heavy (non-hydrogen) atoms. The van der Waals surface area contributed by atoms with Gasteiger partial charge in [-0.05, 0) is 46.7 Å². The number of hydrogen-bond acceptors (Lipinski definition) is 4. The van der Waals surface area contributed by atoms with Crippen molar-refractivity contribution in [2.75, 3.05) is 12.4 Å². The van der Waals surface area contributed by atoms with E-state index in [9.17, 15) is 4.79 Å². The van der Waals surface area contributed by atoms with E-state index in [4.69, 9.17) is 4.74 Å². The number of para-hydroxylation sites is 2. The van der Waals surface area contributed by atoms with Gasteiger partial charge in [0.1, 0.15) is 5.75 Å². The van der Waals surface area contributed by atoms with Crippen LogP contribution < -0.4 is 10.1 Å². The summed E-state index contributed by atoms with van der Waals surface area (Å²) in [5.41, 5.74) is 2.61. The predicted octanol–water partition coefficient (Wildman–Crippen LogP) is 5.30. The van der Waals surface area contributed by atoms with Crippen molar-refractivity contribution in [3.8, 4) is 5.75 Å². The molecule has 5 heteroatoms. The van der Waals surface area contributed by atoms with Gasteiger partial charge in [0.15, 0.2) is 0 Å². The fourth-order valence-corrected chi connectivity index (χ4v) is 4.02. The van der Waals surface area contributed by atoms with Crippen molar-refractivity contribution in [1.82, 2.24) is 0 Å². The van der Waals surface area contributed by atoms with E-state index in [0.717, 1.165) is 10.6 Å². The molecule has 0 aliphatic carbocycles. The molecule has 0 spiro atoms. The molecule has 0 unspecified atom stereocenters. The van der Waals surface area contributed by atoms with Crippen LogP contribution in [0.3, 0.4) is 0 Å². The molecule has 0 bridgehead atoms. The second-order valence-electron chi connectivity index (χ2n) is 5.07. The zero-order valence-corrected chi connectivity index (χ0v) is 14.8. The lowest BCUT2D eigenvalue weighted by Gasteiger charge is -2.12. The largest absolute Gasteiger partial charge is 0.495 e. The van der Waals surface area contributed by atoms with E-state index in [1.165, 1.54) is 5.56 Å². The lowest BCUT2D eigenvalue weighted by Crippen LogP contribution is -2.13. The van der Waals surface area contributed by atoms with Crippen molar-refractivity contribution in [3.63, 3.8) is 0 Å². The number of anilines is 1. The van der Waals surface area contributed by atoms with Crippen LogP contribution in [0.25, 0.3) is 0 Å². The van der Waals surface area contributed by atoms with Gasteiger partial charge in [-0.15, -0.1) is 11.8 Å². The second kappa shape index (κ2) is 8.04. The van der Waals surface area contributed by atoms with Gasteiger partial charge in [-0.3, -0.25) is 4.79 Å². The first-order valence-electron chi connectivity index (χ1n) is 7.45. The van der Waals surface area contributed by atoms with Gasteiger partial charge < -0.3 is 10.1 Å². The number of thiophene rings is 1. The molecule has 1 aromatic heterocycles. The van der Waals surface area contributed by atoms with Crippen LogP contribution in [0.5, 0.6) is 5.75 Å². The highest BCUT2D eigenvalue weighted by Gasteiger charge is 2.13. The third-order valence-electron chi connectivity index (χ3n) is 3.46. The number of ether oxygens (including phenoxy) is 1. The Morgan fingerprint density at radius 2 is 1.92 bits per heavy atom. The summed E-state index contributed by atoms with van der Waals surface area (Å²) in [6.45, 7) is 0. The number of hydrogen-bond donors (Lipinski definition) is 1. The first-order valence-corrected chi connectivity index (χ1v) is 9.38. The summed E-state index contributed by atoms with van der Waals surface area (Å²) in [7, 11) is 1.59. The number of amides is 1. The van der Waals surface area contributed by atoms with Crippen molar-refractivity contribution in [1.29, 1.82) is 0 Å². The van der Waals surface area contributed by atoms with Gasteiger partial charge in [-0.2, -0.15) is 11.3 Å². The SMILES string of the molecule is COc1ccccc1NC(=O)c1ccccc1SCc1ccsc1. The maximum atomic E-state index is 12.7. The maximum absolute atomic E-state index is 12.7. The van der Waals surface area contributed by atoms with Gasteiger partial charge in [0, 0.05) is 10.6 Å². The Hall–Kier alpha value is -2.24. The zero-order chi connectivity index (χ0) is 16.8. The Labute approximate surface area is 149 Å². The van der Waals surface area contributed by atoms with Crippen molar-refractivity contribution in [2.24, 2.45) is 0 Å². The smallest absolute Gasteiger partial charge is 0.256 e. The molecule has 0 aliphatic rings. The molecule has 3 rings (SSSR count). The molecular formula is C19H17NO2S2. The van der Waals surface area contributed by atoms with Crippen LogP contribution >= 0.6 is 23.1 Å². The quantitative estimate of drug-likeness (QED) is 0.610. The molecule has 0 fully saturated rings. The van der Waals surface area contributed by atoms with E-state index in [1.54, 1.807) is 30.2 Å². The average Bonchev–Trinajstić information content (AvgIpc) is 3.14. The predicted molar refractivity (Wildman–Crippen MR) is 101 cm³/mol. The monoisotopic (exact) mass is 355 g/mol. The molecule has 0 radical (unpaired) electrons. The van der Waals surface area contributed by atoms with Gasteiger partial charge in [0.05, 0.1) is 18.4 Å². The van der Waals surface area contributed by atoms with E-state index in [1.807, 2.05) is 48.5 Å². The number of thioether (sulfide) groups is 1. The minimum Gasteiger partial charge on any atom is -0.495 e. The summed E-state index contributed by atoms with van der Waals surface area (Å²) in [5, 5.41) is 7.13.